The molecule has 126 valence electrons. The molecular weight excluding hydrogens is 342 g/mol. The first-order chi connectivity index (χ1) is 12.2. The van der Waals surface area contributed by atoms with E-state index in [9.17, 15) is 9.59 Å². The van der Waals surface area contributed by atoms with Crippen LogP contribution in [0.15, 0.2) is 52.3 Å². The molecule has 8 heteroatoms. The van der Waals surface area contributed by atoms with Gasteiger partial charge in [-0.3, -0.25) is 9.59 Å². The van der Waals surface area contributed by atoms with Crippen LogP contribution in [0, 0.1) is 0 Å². The standard InChI is InChI=1S/C17H13N3O4S/c21-15(18-10-5-6-13-14(7-10)24-9-23-13)8-25-17-16(22)19-11-3-1-2-4-12(11)20-17/h1-7H,8-9H2,(H,18,21)(H,19,22). The minimum atomic E-state index is -0.306. The average Bonchev–Trinajstić information content (AvgIpc) is 3.07. The van der Waals surface area contributed by atoms with Gasteiger partial charge in [-0.1, -0.05) is 23.9 Å². The fourth-order valence-electron chi connectivity index (χ4n) is 2.42. The van der Waals surface area contributed by atoms with E-state index in [4.69, 9.17) is 9.47 Å². The van der Waals surface area contributed by atoms with Crippen molar-refractivity contribution >= 4 is 34.4 Å². The number of carbonyl (C=O) groups is 1. The number of nitrogens with one attached hydrogen (secondary N) is 2. The molecule has 0 bridgehead atoms. The Balaban J connectivity index is 1.43. The first-order valence-corrected chi connectivity index (χ1v) is 8.49. The zero-order chi connectivity index (χ0) is 17.2. The van der Waals surface area contributed by atoms with Crippen molar-refractivity contribution in [2.45, 2.75) is 5.03 Å². The first-order valence-electron chi connectivity index (χ1n) is 7.50. The van der Waals surface area contributed by atoms with Gasteiger partial charge in [0, 0.05) is 11.8 Å². The number of fused-ring (bicyclic) bond motifs is 2. The molecule has 0 aliphatic carbocycles. The summed E-state index contributed by atoms with van der Waals surface area (Å²) in [6.07, 6.45) is 0. The molecule has 0 atom stereocenters. The predicted molar refractivity (Wildman–Crippen MR) is 94.3 cm³/mol. The van der Waals surface area contributed by atoms with Crippen molar-refractivity contribution in [1.82, 2.24) is 9.97 Å². The monoisotopic (exact) mass is 355 g/mol. The van der Waals surface area contributed by atoms with Crippen molar-refractivity contribution in [1.29, 1.82) is 0 Å². The highest BCUT2D eigenvalue weighted by atomic mass is 32.2. The molecule has 25 heavy (non-hydrogen) atoms. The fraction of sp³-hybridized carbons (Fsp3) is 0.118. The molecule has 0 saturated heterocycles. The molecule has 0 radical (unpaired) electrons. The van der Waals surface area contributed by atoms with E-state index in [1.807, 2.05) is 18.2 Å². The molecule has 7 nitrogen and oxygen atoms in total. The number of rotatable bonds is 4. The number of aromatic nitrogens is 2. The van der Waals surface area contributed by atoms with Gasteiger partial charge in [-0.2, -0.15) is 0 Å². The van der Waals surface area contributed by atoms with Crippen LogP contribution in [0.3, 0.4) is 0 Å². The number of para-hydroxylation sites is 2. The Morgan fingerprint density at radius 2 is 2.04 bits per heavy atom. The van der Waals surface area contributed by atoms with Gasteiger partial charge in [-0.05, 0) is 24.3 Å². The topological polar surface area (TPSA) is 93.3 Å². The molecule has 3 aromatic rings. The van der Waals surface area contributed by atoms with Crippen LogP contribution in [0.4, 0.5) is 5.69 Å². The molecule has 0 saturated carbocycles. The van der Waals surface area contributed by atoms with Crippen LogP contribution >= 0.6 is 11.8 Å². The molecule has 1 aromatic heterocycles. The summed E-state index contributed by atoms with van der Waals surface area (Å²) in [6, 6.07) is 12.4. The summed E-state index contributed by atoms with van der Waals surface area (Å²) in [6.45, 7) is 0.180. The number of carbonyl (C=O) groups excluding carboxylic acids is 1. The molecule has 2 heterocycles. The van der Waals surface area contributed by atoms with E-state index in [0.717, 1.165) is 11.8 Å². The van der Waals surface area contributed by atoms with E-state index in [1.54, 1.807) is 24.3 Å². The number of thioether (sulfide) groups is 1. The lowest BCUT2D eigenvalue weighted by atomic mass is 10.3. The van der Waals surface area contributed by atoms with Gasteiger partial charge in [0.2, 0.25) is 12.7 Å². The highest BCUT2D eigenvalue weighted by Gasteiger charge is 2.14. The van der Waals surface area contributed by atoms with Crippen LogP contribution in [0.2, 0.25) is 0 Å². The quantitative estimate of drug-likeness (QED) is 0.698. The van der Waals surface area contributed by atoms with Crippen LogP contribution in [-0.2, 0) is 4.79 Å². The Kier molecular flexibility index (Phi) is 4.02. The van der Waals surface area contributed by atoms with Gasteiger partial charge >= 0.3 is 0 Å². The second-order valence-corrected chi connectivity index (χ2v) is 6.26. The maximum Gasteiger partial charge on any atom is 0.280 e. The van der Waals surface area contributed by atoms with Gasteiger partial charge in [-0.15, -0.1) is 0 Å². The van der Waals surface area contributed by atoms with Crippen LogP contribution in [0.5, 0.6) is 11.5 Å². The number of H-pyrrole nitrogens is 1. The Bertz CT molecular complexity index is 1020. The number of nitrogens with zero attached hydrogens (tertiary/aromatic N) is 1. The summed E-state index contributed by atoms with van der Waals surface area (Å²) < 4.78 is 10.5. The van der Waals surface area contributed by atoms with E-state index in [1.165, 1.54) is 0 Å². The van der Waals surface area contributed by atoms with Crippen molar-refractivity contribution in [3.05, 3.63) is 52.8 Å². The molecule has 2 N–H and O–H groups in total. The van der Waals surface area contributed by atoms with E-state index >= 15 is 0 Å². The van der Waals surface area contributed by atoms with E-state index < -0.39 is 0 Å². The number of hydrogen-bond acceptors (Lipinski definition) is 6. The van der Waals surface area contributed by atoms with Crippen molar-refractivity contribution < 1.29 is 14.3 Å². The number of hydrogen-bond donors (Lipinski definition) is 2. The maximum absolute atomic E-state index is 12.1. The van der Waals surface area contributed by atoms with Crippen LogP contribution in [-0.4, -0.2) is 28.4 Å². The lowest BCUT2D eigenvalue weighted by Gasteiger charge is -2.06. The minimum absolute atomic E-state index is 0.0723. The zero-order valence-electron chi connectivity index (χ0n) is 12.9. The smallest absolute Gasteiger partial charge is 0.280 e. The largest absolute Gasteiger partial charge is 0.454 e. The summed E-state index contributed by atoms with van der Waals surface area (Å²) in [4.78, 5) is 31.2. The van der Waals surface area contributed by atoms with Gasteiger partial charge in [-0.25, -0.2) is 4.98 Å². The molecule has 1 aliphatic heterocycles. The van der Waals surface area contributed by atoms with Gasteiger partial charge in [0.1, 0.15) is 0 Å². The van der Waals surface area contributed by atoms with Gasteiger partial charge < -0.3 is 19.8 Å². The average molecular weight is 355 g/mol. The third-order valence-electron chi connectivity index (χ3n) is 3.56. The minimum Gasteiger partial charge on any atom is -0.454 e. The summed E-state index contributed by atoms with van der Waals surface area (Å²) in [5.41, 5.74) is 1.65. The van der Waals surface area contributed by atoms with Crippen molar-refractivity contribution in [2.24, 2.45) is 0 Å². The third kappa shape index (κ3) is 3.29. The summed E-state index contributed by atoms with van der Waals surface area (Å²) in [5, 5.41) is 3.03. The SMILES string of the molecule is O=C(CSc1nc2ccccc2[nH]c1=O)Nc1ccc2c(c1)OCO2. The number of benzene rings is 2. The predicted octanol–water partition coefficient (Wildman–Crippen LogP) is 2.38. The van der Waals surface area contributed by atoms with Crippen molar-refractivity contribution in [3.8, 4) is 11.5 Å². The second-order valence-electron chi connectivity index (χ2n) is 5.29. The summed E-state index contributed by atoms with van der Waals surface area (Å²) >= 11 is 1.09. The highest BCUT2D eigenvalue weighted by molar-refractivity contribution is 7.99. The van der Waals surface area contributed by atoms with Gasteiger partial charge in [0.25, 0.3) is 5.56 Å². The van der Waals surface area contributed by atoms with E-state index in [2.05, 4.69) is 15.3 Å². The maximum atomic E-state index is 12.1. The number of anilines is 1. The zero-order valence-corrected chi connectivity index (χ0v) is 13.8. The molecule has 2 aromatic carbocycles. The van der Waals surface area contributed by atoms with Crippen LogP contribution in [0.1, 0.15) is 0 Å². The molecule has 0 spiro atoms. The highest BCUT2D eigenvalue weighted by Crippen LogP contribution is 2.34. The Morgan fingerprint density at radius 3 is 2.96 bits per heavy atom. The van der Waals surface area contributed by atoms with Gasteiger partial charge in [0.15, 0.2) is 16.5 Å². The normalized spacial score (nSPS) is 12.3. The lowest BCUT2D eigenvalue weighted by molar-refractivity contribution is -0.113. The van der Waals surface area contributed by atoms with Gasteiger partial charge in [0.05, 0.1) is 16.8 Å². The Hall–Kier alpha value is -3.00. The molecule has 4 rings (SSSR count). The second kappa shape index (κ2) is 6.48. The third-order valence-corrected chi connectivity index (χ3v) is 4.52. The van der Waals surface area contributed by atoms with Crippen LogP contribution < -0.4 is 20.3 Å². The number of aromatic amines is 1. The Morgan fingerprint density at radius 1 is 1.20 bits per heavy atom. The first kappa shape index (κ1) is 15.5. The molecule has 1 amide bonds. The number of amides is 1. The summed E-state index contributed by atoms with van der Waals surface area (Å²) in [7, 11) is 0. The molecule has 0 fully saturated rings. The molecule has 1 aliphatic rings. The van der Waals surface area contributed by atoms with Crippen molar-refractivity contribution in [2.75, 3.05) is 17.9 Å². The molecule has 0 unspecified atom stereocenters. The van der Waals surface area contributed by atoms with E-state index in [-0.39, 0.29) is 29.0 Å². The lowest BCUT2D eigenvalue weighted by Crippen LogP contribution is -2.17. The van der Waals surface area contributed by atoms with E-state index in [0.29, 0.717) is 28.2 Å². The Labute approximate surface area is 146 Å². The molecular formula is C17H13N3O4S. The van der Waals surface area contributed by atoms with Crippen LogP contribution in [0.25, 0.3) is 11.0 Å². The number of ether oxygens (including phenoxy) is 2. The van der Waals surface area contributed by atoms with Crippen molar-refractivity contribution in [3.63, 3.8) is 0 Å². The summed E-state index contributed by atoms with van der Waals surface area (Å²) in [5.74, 6) is 1.08. The fourth-order valence-corrected chi connectivity index (χ4v) is 3.10.